The van der Waals surface area contributed by atoms with E-state index in [2.05, 4.69) is 27.9 Å². The van der Waals surface area contributed by atoms with Crippen LogP contribution in [0.1, 0.15) is 24.4 Å². The Hall–Kier alpha value is -3.26. The van der Waals surface area contributed by atoms with Crippen molar-refractivity contribution in [2.75, 3.05) is 12.9 Å². The summed E-state index contributed by atoms with van der Waals surface area (Å²) in [7, 11) is 3.54. The van der Waals surface area contributed by atoms with Crippen LogP contribution in [0.15, 0.2) is 66.1 Å². The van der Waals surface area contributed by atoms with Crippen LogP contribution in [0.4, 0.5) is 0 Å². The molecular weight excluding hydrogens is 410 g/mol. The first-order chi connectivity index (χ1) is 15.1. The van der Waals surface area contributed by atoms with Crippen LogP contribution in [0.3, 0.4) is 0 Å². The molecule has 0 aliphatic rings. The Morgan fingerprint density at radius 1 is 1.19 bits per heavy atom. The second-order valence-electron chi connectivity index (χ2n) is 7.05. The van der Waals surface area contributed by atoms with Crippen LogP contribution in [-0.2, 0) is 18.4 Å². The van der Waals surface area contributed by atoms with Crippen molar-refractivity contribution in [1.29, 1.82) is 0 Å². The molecule has 0 aliphatic carbocycles. The highest BCUT2D eigenvalue weighted by atomic mass is 32.2. The quantitative estimate of drug-likeness (QED) is 0.426. The molecule has 31 heavy (non-hydrogen) atoms. The average Bonchev–Trinajstić information content (AvgIpc) is 3.38. The Morgan fingerprint density at radius 2 is 1.97 bits per heavy atom. The molecule has 0 radical (unpaired) electrons. The van der Waals surface area contributed by atoms with Gasteiger partial charge in [0.1, 0.15) is 17.6 Å². The fraction of sp³-hybridized carbons (Fsp3) is 0.261. The molecule has 1 N–H and O–H groups in total. The van der Waals surface area contributed by atoms with Crippen LogP contribution < -0.4 is 10.1 Å². The highest BCUT2D eigenvalue weighted by Crippen LogP contribution is 2.29. The molecule has 160 valence electrons. The van der Waals surface area contributed by atoms with Crippen LogP contribution in [-0.4, -0.2) is 37.9 Å². The first kappa shape index (κ1) is 21.0. The lowest BCUT2D eigenvalue weighted by Gasteiger charge is -2.21. The molecule has 4 rings (SSSR count). The molecule has 8 heteroatoms. The number of imidazole rings is 2. The van der Waals surface area contributed by atoms with Gasteiger partial charge in [-0.1, -0.05) is 42.1 Å². The number of rotatable bonds is 8. The van der Waals surface area contributed by atoms with E-state index in [4.69, 9.17) is 9.72 Å². The Balaban J connectivity index is 1.56. The minimum Gasteiger partial charge on any atom is -0.496 e. The molecule has 0 aliphatic heterocycles. The van der Waals surface area contributed by atoms with Gasteiger partial charge in [-0.15, -0.1) is 0 Å². The van der Waals surface area contributed by atoms with Gasteiger partial charge in [-0.25, -0.2) is 9.97 Å². The molecule has 1 atom stereocenters. The zero-order valence-corrected chi connectivity index (χ0v) is 18.6. The number of nitrogens with zero attached hydrogens (tertiary/aromatic N) is 4. The maximum Gasteiger partial charge on any atom is 0.231 e. The van der Waals surface area contributed by atoms with E-state index in [0.29, 0.717) is 5.75 Å². The number of fused-ring (bicyclic) bond motifs is 1. The van der Waals surface area contributed by atoms with E-state index in [1.54, 1.807) is 13.3 Å². The average molecular weight is 436 g/mol. The smallest absolute Gasteiger partial charge is 0.231 e. The standard InChI is InChI=1S/C23H25N5O2S/c1-4-28-18-11-7-6-10-17(18)25-23(28)31-15-20(29)26-21(22-24-13-14-27(22)2)16-9-5-8-12-19(16)30-3/h5-14,21H,4,15H2,1-3H3,(H,26,29). The summed E-state index contributed by atoms with van der Waals surface area (Å²) in [5.74, 6) is 1.60. The van der Waals surface area contributed by atoms with Crippen molar-refractivity contribution in [2.45, 2.75) is 24.7 Å². The number of hydrogen-bond acceptors (Lipinski definition) is 5. The van der Waals surface area contributed by atoms with E-state index in [0.717, 1.165) is 34.1 Å². The maximum absolute atomic E-state index is 13.0. The van der Waals surface area contributed by atoms with E-state index in [-0.39, 0.29) is 11.7 Å². The van der Waals surface area contributed by atoms with Gasteiger partial charge in [0.2, 0.25) is 5.91 Å². The number of methoxy groups -OCH3 is 1. The summed E-state index contributed by atoms with van der Waals surface area (Å²) in [6, 6.07) is 15.3. The molecule has 0 saturated carbocycles. The minimum absolute atomic E-state index is 0.0985. The fourth-order valence-electron chi connectivity index (χ4n) is 3.64. The van der Waals surface area contributed by atoms with Crippen LogP contribution in [0, 0.1) is 0 Å². The minimum atomic E-state index is -0.422. The van der Waals surface area contributed by atoms with Crippen molar-refractivity contribution in [3.63, 3.8) is 0 Å². The first-order valence-corrected chi connectivity index (χ1v) is 11.1. The number of amides is 1. The third kappa shape index (κ3) is 4.29. The van der Waals surface area contributed by atoms with Gasteiger partial charge in [0.05, 0.1) is 23.9 Å². The Labute approximate surface area is 185 Å². The van der Waals surface area contributed by atoms with Gasteiger partial charge in [0.15, 0.2) is 5.16 Å². The summed E-state index contributed by atoms with van der Waals surface area (Å²) in [6.07, 6.45) is 3.59. The van der Waals surface area contributed by atoms with Gasteiger partial charge < -0.3 is 19.2 Å². The topological polar surface area (TPSA) is 74.0 Å². The van der Waals surface area contributed by atoms with E-state index in [1.165, 1.54) is 11.8 Å². The molecule has 0 saturated heterocycles. The number of hydrogen-bond donors (Lipinski definition) is 1. The molecule has 2 heterocycles. The van der Waals surface area contributed by atoms with Gasteiger partial charge in [-0.3, -0.25) is 4.79 Å². The van der Waals surface area contributed by atoms with Crippen molar-refractivity contribution in [2.24, 2.45) is 7.05 Å². The van der Waals surface area contributed by atoms with Gasteiger partial charge in [-0.2, -0.15) is 0 Å². The summed E-state index contributed by atoms with van der Waals surface area (Å²) in [5.41, 5.74) is 2.87. The molecule has 0 bridgehead atoms. The lowest BCUT2D eigenvalue weighted by atomic mass is 10.0. The van der Waals surface area contributed by atoms with Crippen molar-refractivity contribution >= 4 is 28.7 Å². The number of para-hydroxylation sites is 3. The second-order valence-corrected chi connectivity index (χ2v) is 8.00. The lowest BCUT2D eigenvalue weighted by Crippen LogP contribution is -2.32. The summed E-state index contributed by atoms with van der Waals surface area (Å²) < 4.78 is 9.56. The van der Waals surface area contributed by atoms with Crippen molar-refractivity contribution in [3.05, 3.63) is 72.3 Å². The number of ether oxygens (including phenoxy) is 1. The van der Waals surface area contributed by atoms with Crippen LogP contribution in [0.25, 0.3) is 11.0 Å². The number of thioether (sulfide) groups is 1. The predicted octanol–water partition coefficient (Wildman–Crippen LogP) is 3.80. The number of carbonyl (C=O) groups excluding carboxylic acids is 1. The lowest BCUT2D eigenvalue weighted by molar-refractivity contribution is -0.119. The molecule has 1 amide bonds. The van der Waals surface area contributed by atoms with Gasteiger partial charge in [0.25, 0.3) is 0 Å². The Kier molecular flexibility index (Phi) is 6.27. The van der Waals surface area contributed by atoms with Crippen LogP contribution in [0.5, 0.6) is 5.75 Å². The fourth-order valence-corrected chi connectivity index (χ4v) is 4.53. The first-order valence-electron chi connectivity index (χ1n) is 10.1. The largest absolute Gasteiger partial charge is 0.496 e. The molecule has 4 aromatic rings. The third-order valence-electron chi connectivity index (χ3n) is 5.14. The molecule has 2 aromatic heterocycles. The summed E-state index contributed by atoms with van der Waals surface area (Å²) in [5, 5.41) is 3.97. The number of benzene rings is 2. The summed E-state index contributed by atoms with van der Waals surface area (Å²) in [6.45, 7) is 2.87. The maximum atomic E-state index is 13.0. The van der Waals surface area contributed by atoms with Crippen LogP contribution in [0.2, 0.25) is 0 Å². The van der Waals surface area contributed by atoms with Gasteiger partial charge >= 0.3 is 0 Å². The van der Waals surface area contributed by atoms with E-state index in [9.17, 15) is 4.79 Å². The van der Waals surface area contributed by atoms with Gasteiger partial charge in [-0.05, 0) is 25.1 Å². The van der Waals surface area contributed by atoms with Crippen molar-refractivity contribution in [1.82, 2.24) is 24.4 Å². The number of carbonyl (C=O) groups is 1. The molecule has 0 spiro atoms. The molecule has 7 nitrogen and oxygen atoms in total. The molecular formula is C23H25N5O2S. The van der Waals surface area contributed by atoms with Crippen molar-refractivity contribution in [3.8, 4) is 5.75 Å². The number of aromatic nitrogens is 4. The zero-order valence-electron chi connectivity index (χ0n) is 17.8. The normalized spacial score (nSPS) is 12.1. The van der Waals surface area contributed by atoms with Gasteiger partial charge in [0, 0.05) is 31.5 Å². The third-order valence-corrected chi connectivity index (χ3v) is 6.12. The van der Waals surface area contributed by atoms with E-state index >= 15 is 0 Å². The van der Waals surface area contributed by atoms with E-state index in [1.807, 2.05) is 60.3 Å². The second kappa shape index (κ2) is 9.26. The number of nitrogens with one attached hydrogen (secondary N) is 1. The highest BCUT2D eigenvalue weighted by Gasteiger charge is 2.24. The SMILES string of the molecule is CCn1c(SCC(=O)NC(c2ccccc2OC)c2nccn2C)nc2ccccc21. The number of aryl methyl sites for hydroxylation is 2. The highest BCUT2D eigenvalue weighted by molar-refractivity contribution is 7.99. The molecule has 0 fully saturated rings. The Bertz CT molecular complexity index is 1200. The van der Waals surface area contributed by atoms with Crippen molar-refractivity contribution < 1.29 is 9.53 Å². The molecule has 1 unspecified atom stereocenters. The zero-order chi connectivity index (χ0) is 21.8. The Morgan fingerprint density at radius 3 is 2.71 bits per heavy atom. The summed E-state index contributed by atoms with van der Waals surface area (Å²) in [4.78, 5) is 22.1. The van der Waals surface area contributed by atoms with E-state index < -0.39 is 6.04 Å². The monoisotopic (exact) mass is 435 g/mol. The van der Waals surface area contributed by atoms with Crippen LogP contribution >= 0.6 is 11.8 Å². The molecule has 2 aromatic carbocycles. The predicted molar refractivity (Wildman–Crippen MR) is 122 cm³/mol. The summed E-state index contributed by atoms with van der Waals surface area (Å²) >= 11 is 1.44.